The first kappa shape index (κ1) is 19.5. The molecule has 0 aliphatic rings. The van der Waals surface area contributed by atoms with E-state index >= 15 is 0 Å². The Morgan fingerprint density at radius 3 is 2.42 bits per heavy atom. The first-order valence-electron chi connectivity index (χ1n) is 7.76. The van der Waals surface area contributed by atoms with E-state index in [4.69, 9.17) is 16.0 Å². The molecule has 2 rings (SSSR count). The summed E-state index contributed by atoms with van der Waals surface area (Å²) in [5.41, 5.74) is 0.606. The van der Waals surface area contributed by atoms with Gasteiger partial charge in [0.05, 0.1) is 25.9 Å². The second kappa shape index (κ2) is 9.59. The van der Waals surface area contributed by atoms with E-state index in [-0.39, 0.29) is 25.5 Å². The van der Waals surface area contributed by atoms with E-state index in [1.807, 2.05) is 0 Å². The lowest BCUT2D eigenvalue weighted by atomic mass is 10.3. The fourth-order valence-electron chi connectivity index (χ4n) is 2.07. The van der Waals surface area contributed by atoms with Crippen LogP contribution in [0.3, 0.4) is 0 Å². The molecule has 1 aromatic carbocycles. The molecule has 138 valence electrons. The van der Waals surface area contributed by atoms with Crippen LogP contribution in [0.1, 0.15) is 5.76 Å². The van der Waals surface area contributed by atoms with Gasteiger partial charge in [-0.25, -0.2) is 4.79 Å². The van der Waals surface area contributed by atoms with Crippen LogP contribution in [0, 0.1) is 0 Å². The van der Waals surface area contributed by atoms with Crippen molar-refractivity contribution in [3.05, 3.63) is 53.4 Å². The Bertz CT molecular complexity index is 747. The second-order valence-electron chi connectivity index (χ2n) is 5.54. The number of urea groups is 1. The Labute approximate surface area is 155 Å². The van der Waals surface area contributed by atoms with E-state index in [9.17, 15) is 14.4 Å². The molecular formula is C17H19ClN4O4. The van der Waals surface area contributed by atoms with Crippen LogP contribution in [0.4, 0.5) is 10.5 Å². The molecule has 3 N–H and O–H groups in total. The van der Waals surface area contributed by atoms with Crippen molar-refractivity contribution in [2.24, 2.45) is 0 Å². The fourth-order valence-corrected chi connectivity index (χ4v) is 2.20. The van der Waals surface area contributed by atoms with Crippen molar-refractivity contribution in [2.45, 2.75) is 6.54 Å². The van der Waals surface area contributed by atoms with Gasteiger partial charge >= 0.3 is 6.03 Å². The molecule has 0 saturated heterocycles. The van der Waals surface area contributed by atoms with Crippen molar-refractivity contribution < 1.29 is 18.8 Å². The van der Waals surface area contributed by atoms with Crippen molar-refractivity contribution in [3.8, 4) is 0 Å². The van der Waals surface area contributed by atoms with Gasteiger partial charge < -0.3 is 15.1 Å². The normalized spacial score (nSPS) is 10.4. The Kier molecular flexibility index (Phi) is 7.19. The van der Waals surface area contributed by atoms with Gasteiger partial charge in [-0.15, -0.1) is 0 Å². The molecule has 0 saturated carbocycles. The predicted molar refractivity (Wildman–Crippen MR) is 96.7 cm³/mol. The largest absolute Gasteiger partial charge is 0.467 e. The van der Waals surface area contributed by atoms with Crippen molar-refractivity contribution in [2.75, 3.05) is 25.5 Å². The fraction of sp³-hybridized carbons (Fsp3) is 0.235. The molecule has 0 radical (unpaired) electrons. The summed E-state index contributed by atoms with van der Waals surface area (Å²) in [5, 5.41) is 7.94. The quantitative estimate of drug-likeness (QED) is 0.682. The maximum atomic E-state index is 11.9. The highest BCUT2D eigenvalue weighted by molar-refractivity contribution is 6.30. The van der Waals surface area contributed by atoms with Gasteiger partial charge in [-0.05, 0) is 43.4 Å². The first-order valence-corrected chi connectivity index (χ1v) is 8.14. The Balaban J connectivity index is 1.68. The van der Waals surface area contributed by atoms with Gasteiger partial charge in [-0.3, -0.25) is 19.8 Å². The number of hydrogen-bond acceptors (Lipinski definition) is 5. The van der Waals surface area contributed by atoms with Crippen LogP contribution in [-0.2, 0) is 16.1 Å². The van der Waals surface area contributed by atoms with E-state index < -0.39 is 11.9 Å². The lowest BCUT2D eigenvalue weighted by Crippen LogP contribution is -2.44. The van der Waals surface area contributed by atoms with Crippen molar-refractivity contribution in [1.82, 2.24) is 15.5 Å². The zero-order valence-electron chi connectivity index (χ0n) is 14.1. The summed E-state index contributed by atoms with van der Waals surface area (Å²) in [5.74, 6) is -0.239. The molecule has 0 spiro atoms. The molecule has 0 unspecified atom stereocenters. The summed E-state index contributed by atoms with van der Waals surface area (Å²) in [6.07, 6.45) is 1.49. The third kappa shape index (κ3) is 6.96. The van der Waals surface area contributed by atoms with Gasteiger partial charge in [0, 0.05) is 10.7 Å². The monoisotopic (exact) mass is 378 g/mol. The van der Waals surface area contributed by atoms with Gasteiger partial charge in [-0.1, -0.05) is 11.6 Å². The highest BCUT2D eigenvalue weighted by Crippen LogP contribution is 2.13. The summed E-state index contributed by atoms with van der Waals surface area (Å²) in [7, 11) is 1.60. The van der Waals surface area contributed by atoms with Crippen molar-refractivity contribution >= 4 is 35.1 Å². The minimum absolute atomic E-state index is 0.00986. The smallest absolute Gasteiger partial charge is 0.321 e. The van der Waals surface area contributed by atoms with Crippen LogP contribution < -0.4 is 16.0 Å². The van der Waals surface area contributed by atoms with E-state index in [1.54, 1.807) is 43.4 Å². The number of nitrogens with one attached hydrogen (secondary N) is 3. The number of halogens is 1. The summed E-state index contributed by atoms with van der Waals surface area (Å²) < 4.78 is 5.07. The number of nitrogens with zero attached hydrogens (tertiary/aromatic N) is 1. The molecule has 26 heavy (non-hydrogen) atoms. The van der Waals surface area contributed by atoms with E-state index in [1.165, 1.54) is 11.2 Å². The van der Waals surface area contributed by atoms with Crippen molar-refractivity contribution in [3.63, 3.8) is 0 Å². The molecule has 0 fully saturated rings. The van der Waals surface area contributed by atoms with Gasteiger partial charge in [0.15, 0.2) is 0 Å². The summed E-state index contributed by atoms with van der Waals surface area (Å²) in [6, 6.07) is 9.45. The molecule has 2 aromatic rings. The molecule has 0 aliphatic heterocycles. The average molecular weight is 379 g/mol. The Morgan fingerprint density at radius 2 is 1.77 bits per heavy atom. The number of furan rings is 1. The number of hydrogen-bond donors (Lipinski definition) is 3. The number of likely N-dealkylation sites (N-methyl/N-ethyl adjacent to an activating group) is 1. The highest BCUT2D eigenvalue weighted by atomic mass is 35.5. The van der Waals surface area contributed by atoms with Crippen molar-refractivity contribution in [1.29, 1.82) is 0 Å². The first-order chi connectivity index (χ1) is 12.4. The molecule has 1 aromatic heterocycles. The number of carbonyl (C=O) groups is 3. The second-order valence-corrected chi connectivity index (χ2v) is 5.97. The van der Waals surface area contributed by atoms with E-state index in [0.717, 1.165) is 0 Å². The SMILES string of the molecule is CN(CC(=O)NC(=O)NCc1ccco1)CC(=O)Nc1ccc(Cl)cc1. The maximum absolute atomic E-state index is 11.9. The molecule has 0 bridgehead atoms. The highest BCUT2D eigenvalue weighted by Gasteiger charge is 2.13. The molecule has 8 nitrogen and oxygen atoms in total. The van der Waals surface area contributed by atoms with Crippen LogP contribution in [0.5, 0.6) is 0 Å². The number of carbonyl (C=O) groups excluding carboxylic acids is 3. The molecule has 4 amide bonds. The third-order valence-corrected chi connectivity index (χ3v) is 3.46. The zero-order valence-corrected chi connectivity index (χ0v) is 14.9. The van der Waals surface area contributed by atoms with Gasteiger partial charge in [0.25, 0.3) is 0 Å². The summed E-state index contributed by atoms with van der Waals surface area (Å²) in [4.78, 5) is 36.9. The number of amides is 4. The molecular weight excluding hydrogens is 360 g/mol. The zero-order chi connectivity index (χ0) is 18.9. The number of benzene rings is 1. The standard InChI is InChI=1S/C17H19ClN4O4/c1-22(10-15(23)20-13-6-4-12(18)5-7-13)11-16(24)21-17(25)19-9-14-3-2-8-26-14/h2-8H,9-11H2,1H3,(H,20,23)(H2,19,21,24,25). The summed E-state index contributed by atoms with van der Waals surface area (Å²) in [6.45, 7) is 0.0533. The molecule has 0 aliphatic carbocycles. The van der Waals surface area contributed by atoms with Crippen LogP contribution in [0.2, 0.25) is 5.02 Å². The van der Waals surface area contributed by atoms with E-state index in [2.05, 4.69) is 16.0 Å². The lowest BCUT2D eigenvalue weighted by Gasteiger charge is -2.15. The number of anilines is 1. The number of imide groups is 1. The van der Waals surface area contributed by atoms with Crippen LogP contribution in [0.25, 0.3) is 0 Å². The Hall–Kier alpha value is -2.84. The topological polar surface area (TPSA) is 104 Å². The maximum Gasteiger partial charge on any atom is 0.321 e. The third-order valence-electron chi connectivity index (χ3n) is 3.21. The molecule has 1 heterocycles. The summed E-state index contributed by atoms with van der Waals surface area (Å²) >= 11 is 5.78. The van der Waals surface area contributed by atoms with Crippen LogP contribution >= 0.6 is 11.6 Å². The van der Waals surface area contributed by atoms with Crippen LogP contribution in [-0.4, -0.2) is 42.9 Å². The van der Waals surface area contributed by atoms with Gasteiger partial charge in [0.1, 0.15) is 5.76 Å². The molecule has 9 heteroatoms. The average Bonchev–Trinajstić information content (AvgIpc) is 3.08. The minimum atomic E-state index is -0.634. The minimum Gasteiger partial charge on any atom is -0.467 e. The van der Waals surface area contributed by atoms with Crippen LogP contribution in [0.15, 0.2) is 47.1 Å². The van der Waals surface area contributed by atoms with Gasteiger partial charge in [-0.2, -0.15) is 0 Å². The Morgan fingerprint density at radius 1 is 1.08 bits per heavy atom. The van der Waals surface area contributed by atoms with Gasteiger partial charge in [0.2, 0.25) is 11.8 Å². The predicted octanol–water partition coefficient (Wildman–Crippen LogP) is 1.83. The molecule has 0 atom stereocenters. The number of rotatable bonds is 7. The lowest BCUT2D eigenvalue weighted by molar-refractivity contribution is -0.122. The van der Waals surface area contributed by atoms with E-state index in [0.29, 0.717) is 16.5 Å².